The van der Waals surface area contributed by atoms with Gasteiger partial charge in [-0.3, -0.25) is 4.79 Å². The molecule has 124 valence electrons. The Bertz CT molecular complexity index is 449. The number of ether oxygens (including phenoxy) is 1. The molecule has 0 spiro atoms. The minimum absolute atomic E-state index is 0. The Balaban J connectivity index is 0.00000242. The van der Waals surface area contributed by atoms with Crippen molar-refractivity contribution >= 4 is 18.3 Å². The zero-order chi connectivity index (χ0) is 15.1. The van der Waals surface area contributed by atoms with Gasteiger partial charge >= 0.3 is 0 Å². The Morgan fingerprint density at radius 3 is 2.59 bits per heavy atom. The van der Waals surface area contributed by atoms with E-state index in [0.717, 1.165) is 25.1 Å². The molecule has 22 heavy (non-hydrogen) atoms. The summed E-state index contributed by atoms with van der Waals surface area (Å²) in [6, 6.07) is 9.53. The van der Waals surface area contributed by atoms with Gasteiger partial charge in [-0.1, -0.05) is 36.8 Å². The van der Waals surface area contributed by atoms with E-state index in [9.17, 15) is 4.79 Å². The van der Waals surface area contributed by atoms with Gasteiger partial charge in [-0.05, 0) is 30.2 Å². The lowest BCUT2D eigenvalue weighted by atomic mass is 9.66. The zero-order valence-electron chi connectivity index (χ0n) is 13.2. The molecule has 3 N–H and O–H groups in total. The molecule has 1 saturated carbocycles. The first-order valence-electron chi connectivity index (χ1n) is 7.71. The first-order chi connectivity index (χ1) is 10.2. The second kappa shape index (κ2) is 9.13. The van der Waals surface area contributed by atoms with Crippen molar-refractivity contribution in [2.75, 3.05) is 20.3 Å². The third kappa shape index (κ3) is 5.27. The van der Waals surface area contributed by atoms with E-state index in [1.54, 1.807) is 7.11 Å². The van der Waals surface area contributed by atoms with E-state index in [2.05, 4.69) is 5.32 Å². The van der Waals surface area contributed by atoms with Crippen LogP contribution in [-0.2, 0) is 9.53 Å². The lowest BCUT2D eigenvalue weighted by molar-refractivity contribution is -0.122. The Hall–Kier alpha value is -1.10. The predicted octanol–water partition coefficient (Wildman–Crippen LogP) is 2.82. The predicted molar refractivity (Wildman–Crippen MR) is 91.0 cm³/mol. The molecule has 1 aromatic rings. The highest BCUT2D eigenvalue weighted by atomic mass is 35.5. The van der Waals surface area contributed by atoms with Gasteiger partial charge in [0.15, 0.2) is 0 Å². The van der Waals surface area contributed by atoms with Crippen molar-refractivity contribution in [3.63, 3.8) is 0 Å². The Labute approximate surface area is 139 Å². The Morgan fingerprint density at radius 1 is 1.36 bits per heavy atom. The van der Waals surface area contributed by atoms with Crippen molar-refractivity contribution in [1.29, 1.82) is 0 Å². The number of nitrogens with two attached hydrogens (primary N) is 1. The van der Waals surface area contributed by atoms with Gasteiger partial charge in [0.2, 0.25) is 5.91 Å². The summed E-state index contributed by atoms with van der Waals surface area (Å²) in [6.07, 6.45) is 4.98. The maximum absolute atomic E-state index is 12.1. The van der Waals surface area contributed by atoms with Crippen LogP contribution in [0.2, 0.25) is 0 Å². The minimum Gasteiger partial charge on any atom is -0.385 e. The first kappa shape index (κ1) is 18.9. The van der Waals surface area contributed by atoms with Gasteiger partial charge in [-0.15, -0.1) is 12.4 Å². The van der Waals surface area contributed by atoms with Crippen LogP contribution in [-0.4, -0.2) is 26.2 Å². The number of hydrogen-bond donors (Lipinski definition) is 2. The van der Waals surface area contributed by atoms with Gasteiger partial charge in [0.1, 0.15) is 0 Å². The molecule has 0 heterocycles. The molecule has 1 amide bonds. The highest BCUT2D eigenvalue weighted by Crippen LogP contribution is 2.43. The zero-order valence-corrected chi connectivity index (χ0v) is 14.0. The van der Waals surface area contributed by atoms with Gasteiger partial charge in [0.25, 0.3) is 0 Å². The van der Waals surface area contributed by atoms with E-state index in [1.165, 1.54) is 19.3 Å². The van der Waals surface area contributed by atoms with E-state index in [0.29, 0.717) is 6.42 Å². The van der Waals surface area contributed by atoms with Crippen LogP contribution < -0.4 is 11.1 Å². The summed E-state index contributed by atoms with van der Waals surface area (Å²) in [5.74, 6) is 0.0371. The molecule has 1 aromatic carbocycles. The average molecular weight is 327 g/mol. The van der Waals surface area contributed by atoms with Crippen LogP contribution in [0.3, 0.4) is 0 Å². The average Bonchev–Trinajstić information content (AvgIpc) is 2.46. The second-order valence-electron chi connectivity index (χ2n) is 6.09. The molecular weight excluding hydrogens is 300 g/mol. The normalized spacial score (nSPS) is 17.0. The number of carbonyl (C=O) groups excluding carboxylic acids is 1. The highest BCUT2D eigenvalue weighted by Gasteiger charge is 2.36. The summed E-state index contributed by atoms with van der Waals surface area (Å²) in [7, 11) is 1.73. The molecule has 2 rings (SSSR count). The molecule has 0 aliphatic heterocycles. The number of benzene rings is 1. The molecule has 1 atom stereocenters. The number of amides is 1. The van der Waals surface area contributed by atoms with E-state index < -0.39 is 0 Å². The fourth-order valence-electron chi connectivity index (χ4n) is 2.89. The van der Waals surface area contributed by atoms with Crippen LogP contribution in [0.1, 0.15) is 43.7 Å². The van der Waals surface area contributed by atoms with Crippen molar-refractivity contribution in [2.24, 2.45) is 11.1 Å². The van der Waals surface area contributed by atoms with Crippen molar-refractivity contribution in [2.45, 2.75) is 38.1 Å². The maximum atomic E-state index is 12.1. The summed E-state index contributed by atoms with van der Waals surface area (Å²) < 4.78 is 5.17. The summed E-state index contributed by atoms with van der Waals surface area (Å²) in [5, 5.41) is 3.06. The second-order valence-corrected chi connectivity index (χ2v) is 6.09. The standard InChI is InChI=1S/C17H26N2O2.ClH/c1-21-11-10-17(8-5-9-17)13-19-16(20)12-15(18)14-6-3-2-4-7-14;/h2-4,6-7,15H,5,8-13,18H2,1H3,(H,19,20);1H. The van der Waals surface area contributed by atoms with Crippen LogP contribution in [0.5, 0.6) is 0 Å². The van der Waals surface area contributed by atoms with Crippen LogP contribution in [0, 0.1) is 5.41 Å². The van der Waals surface area contributed by atoms with E-state index in [1.807, 2.05) is 30.3 Å². The van der Waals surface area contributed by atoms with Crippen LogP contribution in [0.25, 0.3) is 0 Å². The van der Waals surface area contributed by atoms with Crippen molar-refractivity contribution in [3.8, 4) is 0 Å². The molecule has 1 aliphatic rings. The molecule has 1 aliphatic carbocycles. The topological polar surface area (TPSA) is 64.3 Å². The number of carbonyl (C=O) groups is 1. The number of methoxy groups -OCH3 is 1. The third-order valence-electron chi connectivity index (χ3n) is 4.54. The monoisotopic (exact) mass is 326 g/mol. The van der Waals surface area contributed by atoms with E-state index in [-0.39, 0.29) is 29.8 Å². The third-order valence-corrected chi connectivity index (χ3v) is 4.54. The smallest absolute Gasteiger partial charge is 0.221 e. The Kier molecular flexibility index (Phi) is 7.87. The summed E-state index contributed by atoms with van der Waals surface area (Å²) >= 11 is 0. The van der Waals surface area contributed by atoms with Crippen molar-refractivity contribution < 1.29 is 9.53 Å². The fraction of sp³-hybridized carbons (Fsp3) is 0.588. The summed E-state index contributed by atoms with van der Waals surface area (Å²) in [5.41, 5.74) is 7.34. The molecule has 0 bridgehead atoms. The molecule has 4 nitrogen and oxygen atoms in total. The van der Waals surface area contributed by atoms with Gasteiger partial charge in [0, 0.05) is 32.7 Å². The molecular formula is C17H27ClN2O2. The Morgan fingerprint density at radius 2 is 2.05 bits per heavy atom. The highest BCUT2D eigenvalue weighted by molar-refractivity contribution is 5.85. The van der Waals surface area contributed by atoms with Crippen molar-refractivity contribution in [1.82, 2.24) is 5.32 Å². The van der Waals surface area contributed by atoms with Crippen LogP contribution >= 0.6 is 12.4 Å². The minimum atomic E-state index is -0.234. The van der Waals surface area contributed by atoms with Gasteiger partial charge in [-0.2, -0.15) is 0 Å². The number of rotatable bonds is 8. The van der Waals surface area contributed by atoms with Gasteiger partial charge in [0.05, 0.1) is 0 Å². The SMILES string of the molecule is COCCC1(CNC(=O)CC(N)c2ccccc2)CCC1.Cl. The molecule has 0 saturated heterocycles. The summed E-state index contributed by atoms with van der Waals surface area (Å²) in [6.45, 7) is 1.51. The van der Waals surface area contributed by atoms with E-state index in [4.69, 9.17) is 10.5 Å². The van der Waals surface area contributed by atoms with Gasteiger partial charge in [-0.25, -0.2) is 0 Å². The van der Waals surface area contributed by atoms with Crippen LogP contribution in [0.4, 0.5) is 0 Å². The fourth-order valence-corrected chi connectivity index (χ4v) is 2.89. The molecule has 5 heteroatoms. The maximum Gasteiger partial charge on any atom is 0.221 e. The molecule has 1 unspecified atom stereocenters. The van der Waals surface area contributed by atoms with Crippen molar-refractivity contribution in [3.05, 3.63) is 35.9 Å². The van der Waals surface area contributed by atoms with E-state index >= 15 is 0 Å². The number of hydrogen-bond acceptors (Lipinski definition) is 3. The number of nitrogens with one attached hydrogen (secondary N) is 1. The number of halogens is 1. The molecule has 1 fully saturated rings. The molecule has 0 aromatic heterocycles. The largest absolute Gasteiger partial charge is 0.385 e. The lowest BCUT2D eigenvalue weighted by Gasteiger charge is -2.42. The van der Waals surface area contributed by atoms with Crippen LogP contribution in [0.15, 0.2) is 30.3 Å². The summed E-state index contributed by atoms with van der Waals surface area (Å²) in [4.78, 5) is 12.1. The molecule has 0 radical (unpaired) electrons. The lowest BCUT2D eigenvalue weighted by Crippen LogP contribution is -2.43. The first-order valence-corrected chi connectivity index (χ1v) is 7.71. The van der Waals surface area contributed by atoms with Gasteiger partial charge < -0.3 is 15.8 Å². The quantitative estimate of drug-likeness (QED) is 0.772.